The van der Waals surface area contributed by atoms with Gasteiger partial charge in [-0.25, -0.2) is 0 Å². The summed E-state index contributed by atoms with van der Waals surface area (Å²) in [5.74, 6) is 0.895. The second kappa shape index (κ2) is 11.2. The maximum Gasteiger partial charge on any atom is 0.248 e. The van der Waals surface area contributed by atoms with Crippen LogP contribution in [0.15, 0.2) is 66.0 Å². The molecule has 0 aliphatic heterocycles. The molecule has 1 aliphatic carbocycles. The van der Waals surface area contributed by atoms with Gasteiger partial charge < -0.3 is 14.8 Å². The molecule has 0 radical (unpaired) electrons. The molecule has 4 rings (SSSR count). The third-order valence-corrected chi connectivity index (χ3v) is 7.00. The number of hydrogen-bond donors (Lipinski definition) is 1. The van der Waals surface area contributed by atoms with E-state index in [0.717, 1.165) is 30.6 Å². The molecule has 1 saturated carbocycles. The molecule has 7 heteroatoms. The van der Waals surface area contributed by atoms with Crippen molar-refractivity contribution in [2.24, 2.45) is 0 Å². The molecule has 6 nitrogen and oxygen atoms in total. The lowest BCUT2D eigenvalue weighted by molar-refractivity contribution is -0.127. The highest BCUT2D eigenvalue weighted by Crippen LogP contribution is 2.33. The van der Waals surface area contributed by atoms with Crippen molar-refractivity contribution in [1.82, 2.24) is 5.32 Å². The van der Waals surface area contributed by atoms with Crippen LogP contribution in [0.1, 0.15) is 42.2 Å². The first-order chi connectivity index (χ1) is 16.6. The monoisotopic (exact) mass is 478 g/mol. The van der Waals surface area contributed by atoms with Gasteiger partial charge in [-0.05, 0) is 54.1 Å². The Hall–Kier alpha value is -3.32. The molecule has 0 spiro atoms. The van der Waals surface area contributed by atoms with Crippen molar-refractivity contribution >= 4 is 28.8 Å². The lowest BCUT2D eigenvalue weighted by Gasteiger charge is -2.32. The molecule has 34 heavy (non-hydrogen) atoms. The molecule has 0 saturated heterocycles. The van der Waals surface area contributed by atoms with Crippen molar-refractivity contribution in [1.29, 1.82) is 0 Å². The zero-order chi connectivity index (χ0) is 23.9. The number of carbonyl (C=O) groups is 2. The number of thiophene rings is 1. The van der Waals surface area contributed by atoms with Crippen LogP contribution in [0.2, 0.25) is 0 Å². The summed E-state index contributed by atoms with van der Waals surface area (Å²) in [5, 5.41) is 5.15. The van der Waals surface area contributed by atoms with Gasteiger partial charge >= 0.3 is 0 Å². The first-order valence-corrected chi connectivity index (χ1v) is 12.4. The van der Waals surface area contributed by atoms with Crippen LogP contribution < -0.4 is 19.7 Å². The van der Waals surface area contributed by atoms with Crippen LogP contribution in [-0.4, -0.2) is 32.1 Å². The highest BCUT2D eigenvalue weighted by Gasteiger charge is 2.34. The van der Waals surface area contributed by atoms with Gasteiger partial charge in [0.15, 0.2) is 0 Å². The van der Waals surface area contributed by atoms with Gasteiger partial charge in [-0.15, -0.1) is 11.3 Å². The van der Waals surface area contributed by atoms with E-state index < -0.39 is 6.04 Å². The smallest absolute Gasteiger partial charge is 0.248 e. The molecule has 1 aromatic heterocycles. The van der Waals surface area contributed by atoms with Crippen molar-refractivity contribution in [2.75, 3.05) is 19.1 Å². The summed E-state index contributed by atoms with van der Waals surface area (Å²) in [7, 11) is 3.18. The molecule has 2 amide bonds. The van der Waals surface area contributed by atoms with Crippen LogP contribution in [0.25, 0.3) is 0 Å². The molecule has 1 atom stereocenters. The van der Waals surface area contributed by atoms with Gasteiger partial charge in [0, 0.05) is 22.7 Å². The van der Waals surface area contributed by atoms with Crippen molar-refractivity contribution in [2.45, 2.75) is 44.2 Å². The van der Waals surface area contributed by atoms with Gasteiger partial charge in [-0.3, -0.25) is 14.5 Å². The number of nitrogens with one attached hydrogen (secondary N) is 1. The molecule has 3 aromatic rings. The number of anilines is 1. The Kier molecular flexibility index (Phi) is 7.85. The van der Waals surface area contributed by atoms with Gasteiger partial charge in [0.1, 0.15) is 17.5 Å². The maximum atomic E-state index is 13.8. The maximum absolute atomic E-state index is 13.8. The van der Waals surface area contributed by atoms with Gasteiger partial charge in [0.05, 0.1) is 20.6 Å². The van der Waals surface area contributed by atoms with E-state index in [1.807, 2.05) is 60.0 Å². The Morgan fingerprint density at radius 2 is 1.71 bits per heavy atom. The van der Waals surface area contributed by atoms with Crippen LogP contribution in [0.4, 0.5) is 5.69 Å². The minimum atomic E-state index is -0.852. The Balaban J connectivity index is 1.79. The summed E-state index contributed by atoms with van der Waals surface area (Å²) in [6, 6.07) is 17.8. The zero-order valence-corrected chi connectivity index (χ0v) is 20.3. The number of hydrogen-bond acceptors (Lipinski definition) is 5. The minimum Gasteiger partial charge on any atom is -0.497 e. The molecular weight excluding hydrogens is 448 g/mol. The number of nitrogens with zero attached hydrogens (tertiary/aromatic N) is 1. The first kappa shape index (κ1) is 23.8. The van der Waals surface area contributed by atoms with Gasteiger partial charge in [0.2, 0.25) is 11.8 Å². The van der Waals surface area contributed by atoms with Crippen LogP contribution >= 0.6 is 11.3 Å². The summed E-state index contributed by atoms with van der Waals surface area (Å²) < 4.78 is 10.9. The van der Waals surface area contributed by atoms with Crippen LogP contribution in [0.5, 0.6) is 11.5 Å². The van der Waals surface area contributed by atoms with Crippen LogP contribution in [0, 0.1) is 0 Å². The molecule has 1 N–H and O–H groups in total. The third kappa shape index (κ3) is 5.59. The second-order valence-corrected chi connectivity index (χ2v) is 9.42. The first-order valence-electron chi connectivity index (χ1n) is 11.5. The van der Waals surface area contributed by atoms with Gasteiger partial charge in [0.25, 0.3) is 0 Å². The van der Waals surface area contributed by atoms with Crippen molar-refractivity contribution in [3.05, 3.63) is 76.5 Å². The number of rotatable bonds is 9. The number of methoxy groups -OCH3 is 2. The summed E-state index contributed by atoms with van der Waals surface area (Å²) >= 11 is 1.53. The Labute approximate surface area is 204 Å². The third-order valence-electron chi connectivity index (χ3n) is 6.12. The summed E-state index contributed by atoms with van der Waals surface area (Å²) in [4.78, 5) is 30.1. The molecule has 178 valence electrons. The molecule has 1 aliphatic rings. The largest absolute Gasteiger partial charge is 0.497 e. The van der Waals surface area contributed by atoms with Crippen molar-refractivity contribution in [3.63, 3.8) is 0 Å². The lowest BCUT2D eigenvalue weighted by atomic mass is 10.0. The van der Waals surface area contributed by atoms with E-state index >= 15 is 0 Å². The summed E-state index contributed by atoms with van der Waals surface area (Å²) in [5.41, 5.74) is 1.30. The molecule has 1 unspecified atom stereocenters. The second-order valence-electron chi connectivity index (χ2n) is 8.39. The van der Waals surface area contributed by atoms with Crippen LogP contribution in [0.3, 0.4) is 0 Å². The van der Waals surface area contributed by atoms with E-state index in [1.165, 1.54) is 11.3 Å². The SMILES string of the molecule is COc1cccc(C(C(=O)NC2CCCC2)N(C(=O)Cc2cccs2)c2cccc(OC)c2)c1. The predicted octanol–water partition coefficient (Wildman–Crippen LogP) is 5.14. The fraction of sp³-hybridized carbons (Fsp3) is 0.333. The van der Waals surface area contributed by atoms with Crippen molar-refractivity contribution < 1.29 is 19.1 Å². The highest BCUT2D eigenvalue weighted by atomic mass is 32.1. The molecule has 1 fully saturated rings. The summed E-state index contributed by atoms with van der Waals surface area (Å²) in [6.07, 6.45) is 4.32. The normalized spacial score (nSPS) is 14.4. The Morgan fingerprint density at radius 1 is 1.00 bits per heavy atom. The minimum absolute atomic E-state index is 0.125. The predicted molar refractivity (Wildman–Crippen MR) is 135 cm³/mol. The quantitative estimate of drug-likeness (QED) is 0.462. The standard InChI is InChI=1S/C27H30N2O4S/c1-32-22-12-5-8-19(16-22)26(27(31)28-20-9-3-4-10-20)29(21-11-6-13-23(17-21)33-2)25(30)18-24-14-7-15-34-24/h5-8,11-17,20,26H,3-4,9-10,18H2,1-2H3,(H,28,31). The zero-order valence-electron chi connectivity index (χ0n) is 19.5. The molecular formula is C27H30N2O4S. The molecule has 0 bridgehead atoms. The highest BCUT2D eigenvalue weighted by molar-refractivity contribution is 7.10. The fourth-order valence-corrected chi connectivity index (χ4v) is 5.12. The number of carbonyl (C=O) groups excluding carboxylic acids is 2. The van der Waals surface area contributed by atoms with Gasteiger partial charge in [-0.2, -0.15) is 0 Å². The van der Waals surface area contributed by atoms with E-state index in [-0.39, 0.29) is 24.3 Å². The average molecular weight is 479 g/mol. The Morgan fingerprint density at radius 3 is 2.38 bits per heavy atom. The van der Waals surface area contributed by atoms with E-state index in [4.69, 9.17) is 9.47 Å². The van der Waals surface area contributed by atoms with Gasteiger partial charge in [-0.1, -0.05) is 37.1 Å². The van der Waals surface area contributed by atoms with E-state index in [1.54, 1.807) is 25.2 Å². The van der Waals surface area contributed by atoms with Crippen LogP contribution in [-0.2, 0) is 16.0 Å². The number of benzene rings is 2. The lowest BCUT2D eigenvalue weighted by Crippen LogP contribution is -2.46. The average Bonchev–Trinajstić information content (AvgIpc) is 3.56. The topological polar surface area (TPSA) is 67.9 Å². The number of ether oxygens (including phenoxy) is 2. The van der Waals surface area contributed by atoms with E-state index in [0.29, 0.717) is 22.7 Å². The van der Waals surface area contributed by atoms with Crippen molar-refractivity contribution in [3.8, 4) is 11.5 Å². The Bertz CT molecular complexity index is 1110. The summed E-state index contributed by atoms with van der Waals surface area (Å²) in [6.45, 7) is 0. The van der Waals surface area contributed by atoms with E-state index in [9.17, 15) is 9.59 Å². The number of amides is 2. The molecule has 2 aromatic carbocycles. The van der Waals surface area contributed by atoms with E-state index in [2.05, 4.69) is 5.32 Å². The molecule has 1 heterocycles. The fourth-order valence-electron chi connectivity index (χ4n) is 4.42.